The van der Waals surface area contributed by atoms with Crippen molar-refractivity contribution in [2.24, 2.45) is 0 Å². The lowest BCUT2D eigenvalue weighted by Gasteiger charge is -2.21. The maximum Gasteiger partial charge on any atom is 0.203 e. The smallest absolute Gasteiger partial charge is 0.203 e. The summed E-state index contributed by atoms with van der Waals surface area (Å²) in [5.41, 5.74) is 5.60. The second-order valence-corrected chi connectivity index (χ2v) is 10.5. The van der Waals surface area contributed by atoms with Crippen LogP contribution in [0.15, 0.2) is 53.4 Å². The van der Waals surface area contributed by atoms with Gasteiger partial charge in [-0.05, 0) is 72.5 Å². The standard InChI is InChI=1S/C30H37FN2O7S/c1-33(34)32-18-21-14-19(15-26(35-2)29(21)39-12-13-41-23-8-6-22(31)7-9-23)24-10-11-25(40-24)20-16-27(36-3)30(38-5)28(17-20)37-4/h6-9,14-17,24-25,32,34H,10-13,18H2,1-5H3/t24-,25-/m1/s1. The molecule has 4 rings (SSSR count). The quantitative estimate of drug-likeness (QED) is 0.134. The Labute approximate surface area is 244 Å². The molecule has 0 bridgehead atoms. The molecule has 1 saturated heterocycles. The number of thioether (sulfide) groups is 1. The van der Waals surface area contributed by atoms with Crippen molar-refractivity contribution in [3.63, 3.8) is 0 Å². The monoisotopic (exact) mass is 588 g/mol. The van der Waals surface area contributed by atoms with E-state index in [-0.39, 0.29) is 18.0 Å². The van der Waals surface area contributed by atoms with Crippen LogP contribution < -0.4 is 29.1 Å². The fraction of sp³-hybridized carbons (Fsp3) is 0.400. The van der Waals surface area contributed by atoms with E-state index in [0.717, 1.165) is 39.6 Å². The summed E-state index contributed by atoms with van der Waals surface area (Å²) in [6.07, 6.45) is 1.26. The Morgan fingerprint density at radius 2 is 1.44 bits per heavy atom. The Kier molecular flexibility index (Phi) is 10.9. The Bertz CT molecular complexity index is 1270. The third-order valence-corrected chi connectivity index (χ3v) is 7.71. The average Bonchev–Trinajstić information content (AvgIpc) is 3.48. The normalized spacial score (nSPS) is 16.6. The van der Waals surface area contributed by atoms with Crippen LogP contribution in [0.5, 0.6) is 28.7 Å². The molecule has 9 nitrogen and oxygen atoms in total. The molecular weight excluding hydrogens is 551 g/mol. The van der Waals surface area contributed by atoms with Gasteiger partial charge >= 0.3 is 0 Å². The maximum atomic E-state index is 13.2. The van der Waals surface area contributed by atoms with Gasteiger partial charge in [0.2, 0.25) is 5.75 Å². The molecule has 0 amide bonds. The van der Waals surface area contributed by atoms with Crippen molar-refractivity contribution in [2.75, 3.05) is 47.8 Å². The van der Waals surface area contributed by atoms with Crippen molar-refractivity contribution < 1.29 is 38.0 Å². The van der Waals surface area contributed by atoms with E-state index in [4.69, 9.17) is 28.4 Å². The van der Waals surface area contributed by atoms with Crippen LogP contribution in [0.25, 0.3) is 0 Å². The number of benzene rings is 3. The van der Waals surface area contributed by atoms with E-state index < -0.39 is 0 Å². The van der Waals surface area contributed by atoms with Crippen molar-refractivity contribution in [1.29, 1.82) is 0 Å². The number of hydrazine groups is 1. The number of nitrogens with one attached hydrogen (secondary N) is 1. The molecular formula is C30H37FN2O7S. The highest BCUT2D eigenvalue weighted by molar-refractivity contribution is 7.99. The molecule has 3 aromatic carbocycles. The van der Waals surface area contributed by atoms with Gasteiger partial charge in [-0.15, -0.1) is 16.9 Å². The van der Waals surface area contributed by atoms with Crippen LogP contribution >= 0.6 is 11.8 Å². The van der Waals surface area contributed by atoms with Gasteiger partial charge in [0.15, 0.2) is 23.0 Å². The van der Waals surface area contributed by atoms with Gasteiger partial charge < -0.3 is 28.4 Å². The Hall–Kier alpha value is -3.22. The zero-order chi connectivity index (χ0) is 29.4. The summed E-state index contributed by atoms with van der Waals surface area (Å²) in [7, 11) is 7.87. The lowest BCUT2D eigenvalue weighted by atomic mass is 10.0. The van der Waals surface area contributed by atoms with E-state index in [1.54, 1.807) is 52.3 Å². The minimum absolute atomic E-state index is 0.163. The molecule has 41 heavy (non-hydrogen) atoms. The Morgan fingerprint density at radius 1 is 0.878 bits per heavy atom. The fourth-order valence-electron chi connectivity index (χ4n) is 4.76. The van der Waals surface area contributed by atoms with E-state index >= 15 is 0 Å². The van der Waals surface area contributed by atoms with E-state index in [1.165, 1.54) is 19.2 Å². The number of nitrogens with zero attached hydrogens (tertiary/aromatic N) is 1. The van der Waals surface area contributed by atoms with Gasteiger partial charge in [-0.2, -0.15) is 0 Å². The SMILES string of the molecule is COc1cc([C@H]2CC[C@H](c3cc(OC)c(OC)c(OC)c3)O2)cc(CNN(C)O)c1OCCSc1ccc(F)cc1. The van der Waals surface area contributed by atoms with Gasteiger partial charge in [0.05, 0.1) is 47.3 Å². The highest BCUT2D eigenvalue weighted by Crippen LogP contribution is 2.47. The van der Waals surface area contributed by atoms with E-state index in [9.17, 15) is 9.60 Å². The van der Waals surface area contributed by atoms with Gasteiger partial charge in [0, 0.05) is 29.8 Å². The average molecular weight is 589 g/mol. The third-order valence-electron chi connectivity index (χ3n) is 6.73. The highest BCUT2D eigenvalue weighted by Gasteiger charge is 2.31. The number of methoxy groups -OCH3 is 4. The number of ether oxygens (including phenoxy) is 6. The first-order chi connectivity index (χ1) is 19.9. The molecule has 1 fully saturated rings. The van der Waals surface area contributed by atoms with Gasteiger partial charge in [-0.1, -0.05) is 0 Å². The molecule has 11 heteroatoms. The summed E-state index contributed by atoms with van der Waals surface area (Å²) in [5, 5.41) is 10.6. The second kappa shape index (κ2) is 14.6. The minimum Gasteiger partial charge on any atom is -0.493 e. The first kappa shape index (κ1) is 30.7. The van der Waals surface area contributed by atoms with E-state index in [0.29, 0.717) is 47.7 Å². The highest BCUT2D eigenvalue weighted by atomic mass is 32.2. The summed E-state index contributed by atoms with van der Waals surface area (Å²) < 4.78 is 48.2. The molecule has 1 aliphatic rings. The largest absolute Gasteiger partial charge is 0.493 e. The summed E-state index contributed by atoms with van der Waals surface area (Å²) >= 11 is 1.57. The minimum atomic E-state index is -0.262. The lowest BCUT2D eigenvalue weighted by molar-refractivity contribution is -0.114. The molecule has 0 aliphatic carbocycles. The maximum absolute atomic E-state index is 13.2. The molecule has 2 atom stereocenters. The van der Waals surface area contributed by atoms with Crippen LogP contribution in [-0.4, -0.2) is 58.2 Å². The summed E-state index contributed by atoms with van der Waals surface area (Å²) in [6.45, 7) is 0.712. The third kappa shape index (κ3) is 7.75. The van der Waals surface area contributed by atoms with Crippen LogP contribution in [0, 0.1) is 5.82 Å². The number of hydroxylamine groups is 1. The van der Waals surface area contributed by atoms with E-state index in [2.05, 4.69) is 5.43 Å². The van der Waals surface area contributed by atoms with Crippen molar-refractivity contribution in [1.82, 2.24) is 10.6 Å². The molecule has 0 radical (unpaired) electrons. The predicted molar refractivity (Wildman–Crippen MR) is 154 cm³/mol. The summed E-state index contributed by atoms with van der Waals surface area (Å²) in [6, 6.07) is 14.2. The van der Waals surface area contributed by atoms with Crippen molar-refractivity contribution in [3.8, 4) is 28.7 Å². The van der Waals surface area contributed by atoms with Crippen molar-refractivity contribution >= 4 is 11.8 Å². The molecule has 222 valence electrons. The first-order valence-corrected chi connectivity index (χ1v) is 14.2. The topological polar surface area (TPSA) is 90.9 Å². The molecule has 0 aromatic heterocycles. The fourth-order valence-corrected chi connectivity index (χ4v) is 5.50. The summed E-state index contributed by atoms with van der Waals surface area (Å²) in [5.74, 6) is 3.26. The lowest BCUT2D eigenvalue weighted by Crippen LogP contribution is -2.30. The molecule has 0 spiro atoms. The van der Waals surface area contributed by atoms with Gasteiger partial charge in [0.25, 0.3) is 0 Å². The number of hydrogen-bond acceptors (Lipinski definition) is 10. The van der Waals surface area contributed by atoms with Crippen molar-refractivity contribution in [3.05, 3.63) is 71.0 Å². The van der Waals surface area contributed by atoms with E-state index in [1.807, 2.05) is 24.3 Å². The molecule has 2 N–H and O–H groups in total. The van der Waals surface area contributed by atoms with Crippen LogP contribution in [0.1, 0.15) is 41.7 Å². The predicted octanol–water partition coefficient (Wildman–Crippen LogP) is 5.95. The number of halogens is 1. The van der Waals surface area contributed by atoms with Gasteiger partial charge in [-0.25, -0.2) is 9.82 Å². The second-order valence-electron chi connectivity index (χ2n) is 9.37. The molecule has 0 unspecified atom stereocenters. The molecule has 1 heterocycles. The Balaban J connectivity index is 1.52. The number of rotatable bonds is 14. The summed E-state index contributed by atoms with van der Waals surface area (Å²) in [4.78, 5) is 0.959. The first-order valence-electron chi connectivity index (χ1n) is 13.2. The number of hydrogen-bond donors (Lipinski definition) is 2. The molecule has 3 aromatic rings. The zero-order valence-electron chi connectivity index (χ0n) is 23.9. The molecule has 0 saturated carbocycles. The van der Waals surface area contributed by atoms with Crippen LogP contribution in [0.3, 0.4) is 0 Å². The molecule has 1 aliphatic heterocycles. The van der Waals surface area contributed by atoms with Crippen LogP contribution in [-0.2, 0) is 11.3 Å². The Morgan fingerprint density at radius 3 is 1.98 bits per heavy atom. The van der Waals surface area contributed by atoms with Gasteiger partial charge in [-0.3, -0.25) is 5.21 Å². The van der Waals surface area contributed by atoms with Crippen molar-refractivity contribution in [2.45, 2.75) is 36.5 Å². The van der Waals surface area contributed by atoms with Crippen LogP contribution in [0.2, 0.25) is 0 Å². The van der Waals surface area contributed by atoms with Gasteiger partial charge in [0.1, 0.15) is 5.82 Å². The van der Waals surface area contributed by atoms with Crippen LogP contribution in [0.4, 0.5) is 4.39 Å². The zero-order valence-corrected chi connectivity index (χ0v) is 24.8.